The summed E-state index contributed by atoms with van der Waals surface area (Å²) in [6.07, 6.45) is 12.4. The number of hydrogen-bond acceptors (Lipinski definition) is 2. The van der Waals surface area contributed by atoms with Crippen molar-refractivity contribution in [1.29, 1.82) is 0 Å². The molecule has 0 aliphatic carbocycles. The van der Waals surface area contributed by atoms with E-state index in [2.05, 4.69) is 5.32 Å². The molecule has 3 heteroatoms. The standard InChI is InChI=1S/C18H35NO2/c1-4-18(21)19-15-13-11-9-7-5-6-8-10-12-14-17(20)16(2)3/h16H,4-15H2,1-3H3,(H,19,21). The normalized spacial score (nSPS) is 10.9. The summed E-state index contributed by atoms with van der Waals surface area (Å²) in [4.78, 5) is 22.5. The molecule has 0 saturated heterocycles. The third-order valence-corrected chi connectivity index (χ3v) is 3.89. The van der Waals surface area contributed by atoms with Crippen LogP contribution in [0.2, 0.25) is 0 Å². The summed E-state index contributed by atoms with van der Waals surface area (Å²) in [6.45, 7) is 6.68. The first kappa shape index (κ1) is 20.1. The zero-order chi connectivity index (χ0) is 15.9. The van der Waals surface area contributed by atoms with Crippen LogP contribution in [0, 0.1) is 5.92 Å². The highest BCUT2D eigenvalue weighted by molar-refractivity contribution is 5.80. The van der Waals surface area contributed by atoms with Crippen molar-refractivity contribution in [3.05, 3.63) is 0 Å². The molecule has 0 aromatic rings. The van der Waals surface area contributed by atoms with E-state index in [9.17, 15) is 9.59 Å². The van der Waals surface area contributed by atoms with Gasteiger partial charge in [0, 0.05) is 25.3 Å². The Balaban J connectivity index is 3.12. The Morgan fingerprint density at radius 2 is 1.29 bits per heavy atom. The molecule has 0 bridgehead atoms. The van der Waals surface area contributed by atoms with Crippen LogP contribution in [-0.4, -0.2) is 18.2 Å². The fraction of sp³-hybridized carbons (Fsp3) is 0.889. The van der Waals surface area contributed by atoms with Crippen LogP contribution in [0.5, 0.6) is 0 Å². The van der Waals surface area contributed by atoms with Gasteiger partial charge in [-0.15, -0.1) is 0 Å². The van der Waals surface area contributed by atoms with Crippen molar-refractivity contribution >= 4 is 11.7 Å². The van der Waals surface area contributed by atoms with Crippen molar-refractivity contribution in [3.63, 3.8) is 0 Å². The van der Waals surface area contributed by atoms with Gasteiger partial charge in [0.25, 0.3) is 0 Å². The van der Waals surface area contributed by atoms with Gasteiger partial charge in [0.2, 0.25) is 5.91 Å². The van der Waals surface area contributed by atoms with Gasteiger partial charge in [-0.25, -0.2) is 0 Å². The first-order valence-corrected chi connectivity index (χ1v) is 8.87. The summed E-state index contributed by atoms with van der Waals surface area (Å²) in [5.74, 6) is 0.767. The lowest BCUT2D eigenvalue weighted by molar-refractivity contribution is -0.122. The fourth-order valence-corrected chi connectivity index (χ4v) is 2.30. The summed E-state index contributed by atoms with van der Waals surface area (Å²) in [6, 6.07) is 0. The van der Waals surface area contributed by atoms with Gasteiger partial charge >= 0.3 is 0 Å². The first-order valence-electron chi connectivity index (χ1n) is 8.87. The highest BCUT2D eigenvalue weighted by Crippen LogP contribution is 2.11. The molecule has 1 N–H and O–H groups in total. The summed E-state index contributed by atoms with van der Waals surface area (Å²) in [7, 11) is 0. The zero-order valence-corrected chi connectivity index (χ0v) is 14.4. The van der Waals surface area contributed by atoms with Gasteiger partial charge in [-0.3, -0.25) is 9.59 Å². The van der Waals surface area contributed by atoms with Crippen molar-refractivity contribution < 1.29 is 9.59 Å². The number of nitrogens with one attached hydrogen (secondary N) is 1. The predicted molar refractivity (Wildman–Crippen MR) is 89.3 cm³/mol. The Labute approximate surface area is 131 Å². The van der Waals surface area contributed by atoms with Crippen molar-refractivity contribution in [2.24, 2.45) is 5.92 Å². The first-order chi connectivity index (χ1) is 10.1. The van der Waals surface area contributed by atoms with Crippen LogP contribution in [0.4, 0.5) is 0 Å². The van der Waals surface area contributed by atoms with Crippen molar-refractivity contribution in [2.75, 3.05) is 6.54 Å². The Morgan fingerprint density at radius 1 is 0.810 bits per heavy atom. The predicted octanol–water partition coefficient (Wildman–Crippen LogP) is 4.64. The maximum absolute atomic E-state index is 11.4. The summed E-state index contributed by atoms with van der Waals surface area (Å²) in [5, 5.41) is 2.91. The Bertz CT molecular complexity index is 274. The summed E-state index contributed by atoms with van der Waals surface area (Å²) >= 11 is 0. The number of Topliss-reactive ketones (excluding diaryl/α,β-unsaturated/α-hetero) is 1. The molecule has 21 heavy (non-hydrogen) atoms. The zero-order valence-electron chi connectivity index (χ0n) is 14.4. The minimum Gasteiger partial charge on any atom is -0.356 e. The van der Waals surface area contributed by atoms with Gasteiger partial charge in [0.05, 0.1) is 0 Å². The van der Waals surface area contributed by atoms with Crippen LogP contribution in [0.25, 0.3) is 0 Å². The van der Waals surface area contributed by atoms with Gasteiger partial charge in [0.15, 0.2) is 0 Å². The molecule has 0 fully saturated rings. The second kappa shape index (κ2) is 14.1. The van der Waals surface area contributed by atoms with Crippen molar-refractivity contribution in [1.82, 2.24) is 5.32 Å². The van der Waals surface area contributed by atoms with Gasteiger partial charge in [-0.05, 0) is 12.8 Å². The minimum absolute atomic E-state index is 0.158. The average molecular weight is 297 g/mol. The number of carbonyl (C=O) groups is 2. The monoisotopic (exact) mass is 297 g/mol. The Hall–Kier alpha value is -0.860. The molecule has 0 aliphatic rings. The lowest BCUT2D eigenvalue weighted by Gasteiger charge is -2.05. The SMILES string of the molecule is CCC(=O)NCCCCCCCCCCCC(=O)C(C)C. The number of unbranched alkanes of at least 4 members (excludes halogenated alkanes) is 8. The molecule has 0 radical (unpaired) electrons. The Kier molecular flexibility index (Phi) is 13.5. The van der Waals surface area contributed by atoms with Crippen molar-refractivity contribution in [3.8, 4) is 0 Å². The van der Waals surface area contributed by atoms with E-state index in [1.807, 2.05) is 20.8 Å². The third kappa shape index (κ3) is 13.9. The number of amides is 1. The molecule has 0 unspecified atom stereocenters. The van der Waals surface area contributed by atoms with Crippen LogP contribution in [0.1, 0.15) is 91.4 Å². The second-order valence-corrected chi connectivity index (χ2v) is 6.26. The van der Waals surface area contributed by atoms with Crippen LogP contribution < -0.4 is 5.32 Å². The van der Waals surface area contributed by atoms with E-state index in [-0.39, 0.29) is 11.8 Å². The van der Waals surface area contributed by atoms with Gasteiger partial charge in [0.1, 0.15) is 5.78 Å². The highest BCUT2D eigenvalue weighted by atomic mass is 16.1. The van der Waals surface area contributed by atoms with E-state index >= 15 is 0 Å². The molecule has 0 saturated carbocycles. The van der Waals surface area contributed by atoms with Crippen LogP contribution in [-0.2, 0) is 9.59 Å². The highest BCUT2D eigenvalue weighted by Gasteiger charge is 2.05. The van der Waals surface area contributed by atoms with Gasteiger partial charge in [-0.2, -0.15) is 0 Å². The van der Waals surface area contributed by atoms with E-state index in [4.69, 9.17) is 0 Å². The molecule has 124 valence electrons. The van der Waals surface area contributed by atoms with E-state index in [0.717, 1.165) is 25.8 Å². The maximum atomic E-state index is 11.4. The van der Waals surface area contributed by atoms with E-state index in [1.54, 1.807) is 0 Å². The average Bonchev–Trinajstić information content (AvgIpc) is 2.47. The number of rotatable bonds is 14. The van der Waals surface area contributed by atoms with Gasteiger partial charge in [-0.1, -0.05) is 65.7 Å². The summed E-state index contributed by atoms with van der Waals surface area (Å²) in [5.41, 5.74) is 0. The molecule has 0 aliphatic heterocycles. The van der Waals surface area contributed by atoms with Crippen LogP contribution >= 0.6 is 0 Å². The topological polar surface area (TPSA) is 46.2 Å². The molecule has 0 heterocycles. The lowest BCUT2D eigenvalue weighted by Crippen LogP contribution is -2.23. The van der Waals surface area contributed by atoms with E-state index in [1.165, 1.54) is 44.9 Å². The maximum Gasteiger partial charge on any atom is 0.219 e. The second-order valence-electron chi connectivity index (χ2n) is 6.26. The van der Waals surface area contributed by atoms with Crippen LogP contribution in [0.15, 0.2) is 0 Å². The largest absolute Gasteiger partial charge is 0.356 e. The smallest absolute Gasteiger partial charge is 0.219 e. The number of carbonyl (C=O) groups excluding carboxylic acids is 2. The third-order valence-electron chi connectivity index (χ3n) is 3.89. The fourth-order valence-electron chi connectivity index (χ4n) is 2.30. The number of hydrogen-bond donors (Lipinski definition) is 1. The molecule has 0 aromatic heterocycles. The molecule has 3 nitrogen and oxygen atoms in total. The molecule has 0 atom stereocenters. The van der Waals surface area contributed by atoms with Gasteiger partial charge < -0.3 is 5.32 Å². The molecule has 1 amide bonds. The summed E-state index contributed by atoms with van der Waals surface area (Å²) < 4.78 is 0. The number of ketones is 1. The van der Waals surface area contributed by atoms with Crippen LogP contribution in [0.3, 0.4) is 0 Å². The van der Waals surface area contributed by atoms with E-state index < -0.39 is 0 Å². The molecular formula is C18H35NO2. The lowest BCUT2D eigenvalue weighted by atomic mass is 10.0. The molecule has 0 spiro atoms. The van der Waals surface area contributed by atoms with Crippen molar-refractivity contribution in [2.45, 2.75) is 91.4 Å². The minimum atomic E-state index is 0.158. The van der Waals surface area contributed by atoms with E-state index in [0.29, 0.717) is 12.2 Å². The molecular weight excluding hydrogens is 262 g/mol. The molecule has 0 aromatic carbocycles. The Morgan fingerprint density at radius 3 is 1.76 bits per heavy atom. The molecule has 0 rings (SSSR count). The quantitative estimate of drug-likeness (QED) is 0.475.